The fourth-order valence-electron chi connectivity index (χ4n) is 3.46. The van der Waals surface area contributed by atoms with Crippen molar-refractivity contribution in [3.05, 3.63) is 69.3 Å². The van der Waals surface area contributed by atoms with Gasteiger partial charge in [0.2, 0.25) is 0 Å². The van der Waals surface area contributed by atoms with Crippen molar-refractivity contribution in [1.29, 1.82) is 0 Å². The number of nitrogens with zero attached hydrogens (tertiary/aromatic N) is 1. The van der Waals surface area contributed by atoms with Crippen molar-refractivity contribution in [3.63, 3.8) is 0 Å². The van der Waals surface area contributed by atoms with Crippen molar-refractivity contribution in [2.24, 2.45) is 0 Å². The van der Waals surface area contributed by atoms with E-state index in [1.54, 1.807) is 6.92 Å². The fraction of sp³-hybridized carbons (Fsp3) is 0.400. The first kappa shape index (κ1) is 17.4. The van der Waals surface area contributed by atoms with Crippen molar-refractivity contribution in [2.75, 3.05) is 26.2 Å². The van der Waals surface area contributed by atoms with E-state index in [1.807, 2.05) is 0 Å². The Kier molecular flexibility index (Phi) is 5.34. The molecule has 0 bridgehead atoms. The highest BCUT2D eigenvalue weighted by Gasteiger charge is 2.24. The molecular formula is C20H24N2O3. The zero-order valence-electron chi connectivity index (χ0n) is 14.7. The molecule has 1 amide bonds. The minimum atomic E-state index is -0.338. The van der Waals surface area contributed by atoms with Gasteiger partial charge >= 0.3 is 0 Å². The maximum atomic E-state index is 12.1. The van der Waals surface area contributed by atoms with Gasteiger partial charge in [-0.2, -0.15) is 0 Å². The molecular weight excluding hydrogens is 316 g/mol. The molecule has 3 rings (SSSR count). The van der Waals surface area contributed by atoms with Crippen molar-refractivity contribution in [2.45, 2.75) is 26.2 Å². The highest BCUT2D eigenvalue weighted by Crippen LogP contribution is 2.28. The van der Waals surface area contributed by atoms with Gasteiger partial charge in [0.05, 0.1) is 0 Å². The van der Waals surface area contributed by atoms with Crippen LogP contribution in [0.25, 0.3) is 0 Å². The van der Waals surface area contributed by atoms with Crippen LogP contribution in [0.3, 0.4) is 0 Å². The SMILES string of the molecule is Cc1cc(=O)cc(C(=O)NCCN2CCC(c3ccccc3C)C2)o1. The lowest BCUT2D eigenvalue weighted by Crippen LogP contribution is -2.34. The summed E-state index contributed by atoms with van der Waals surface area (Å²) in [6.45, 7) is 7.21. The molecule has 5 heteroatoms. The van der Waals surface area contributed by atoms with Crippen LogP contribution in [0, 0.1) is 13.8 Å². The van der Waals surface area contributed by atoms with E-state index >= 15 is 0 Å². The van der Waals surface area contributed by atoms with Crippen LogP contribution >= 0.6 is 0 Å². The van der Waals surface area contributed by atoms with E-state index < -0.39 is 0 Å². The molecule has 2 aromatic rings. The maximum absolute atomic E-state index is 12.1. The van der Waals surface area contributed by atoms with Crippen LogP contribution in [0.2, 0.25) is 0 Å². The lowest BCUT2D eigenvalue weighted by molar-refractivity contribution is 0.0918. The molecule has 5 nitrogen and oxygen atoms in total. The predicted molar refractivity (Wildman–Crippen MR) is 97.0 cm³/mol. The minimum absolute atomic E-state index is 0.0733. The number of hydrogen-bond acceptors (Lipinski definition) is 4. The molecule has 132 valence electrons. The standard InChI is InChI=1S/C20H24N2O3/c1-14-5-3-4-6-18(14)16-7-9-22(13-16)10-8-21-20(24)19-12-17(23)11-15(2)25-19/h3-6,11-12,16H,7-10,13H2,1-2H3,(H,21,24). The molecule has 1 aliphatic heterocycles. The Hall–Kier alpha value is -2.40. The summed E-state index contributed by atoms with van der Waals surface area (Å²) in [5.74, 6) is 0.740. The largest absolute Gasteiger partial charge is 0.456 e. The number of carbonyl (C=O) groups excluding carboxylic acids is 1. The van der Waals surface area contributed by atoms with Crippen LogP contribution in [-0.4, -0.2) is 37.0 Å². The Morgan fingerprint density at radius 1 is 1.28 bits per heavy atom. The van der Waals surface area contributed by atoms with Gasteiger partial charge in [0.15, 0.2) is 11.2 Å². The molecule has 1 unspecified atom stereocenters. The number of hydrogen-bond donors (Lipinski definition) is 1. The molecule has 25 heavy (non-hydrogen) atoms. The molecule has 1 atom stereocenters. The zero-order chi connectivity index (χ0) is 17.8. The first-order valence-electron chi connectivity index (χ1n) is 8.71. The first-order valence-corrected chi connectivity index (χ1v) is 8.71. The quantitative estimate of drug-likeness (QED) is 0.908. The normalized spacial score (nSPS) is 17.6. The second kappa shape index (κ2) is 7.66. The second-order valence-corrected chi connectivity index (χ2v) is 6.67. The van der Waals surface area contributed by atoms with Crippen LogP contribution < -0.4 is 10.7 Å². The van der Waals surface area contributed by atoms with Crippen LogP contribution in [-0.2, 0) is 0 Å². The zero-order valence-corrected chi connectivity index (χ0v) is 14.7. The van der Waals surface area contributed by atoms with E-state index in [0.717, 1.165) is 26.1 Å². The Balaban J connectivity index is 1.49. The van der Waals surface area contributed by atoms with Crippen LogP contribution in [0.1, 0.15) is 39.8 Å². The smallest absolute Gasteiger partial charge is 0.287 e. The van der Waals surface area contributed by atoms with Gasteiger partial charge < -0.3 is 14.6 Å². The van der Waals surface area contributed by atoms with Gasteiger partial charge in [0, 0.05) is 31.8 Å². The van der Waals surface area contributed by atoms with E-state index in [1.165, 1.54) is 23.3 Å². The summed E-state index contributed by atoms with van der Waals surface area (Å²) in [6, 6.07) is 11.1. The molecule has 1 aromatic carbocycles. The Labute approximate surface area is 147 Å². The average Bonchev–Trinajstić information content (AvgIpc) is 3.03. The average molecular weight is 340 g/mol. The molecule has 1 N–H and O–H groups in total. The van der Waals surface area contributed by atoms with E-state index in [-0.39, 0.29) is 17.1 Å². The monoisotopic (exact) mass is 340 g/mol. The molecule has 0 aliphatic carbocycles. The van der Waals surface area contributed by atoms with Crippen molar-refractivity contribution in [1.82, 2.24) is 10.2 Å². The van der Waals surface area contributed by atoms with E-state index in [9.17, 15) is 9.59 Å². The topological polar surface area (TPSA) is 62.6 Å². The predicted octanol–water partition coefficient (Wildman–Crippen LogP) is 2.48. The summed E-state index contributed by atoms with van der Waals surface area (Å²) in [4.78, 5) is 25.9. The summed E-state index contributed by atoms with van der Waals surface area (Å²) < 4.78 is 5.30. The first-order chi connectivity index (χ1) is 12.0. The highest BCUT2D eigenvalue weighted by atomic mass is 16.3. The van der Waals surface area contributed by atoms with Gasteiger partial charge in [-0.25, -0.2) is 0 Å². The molecule has 1 saturated heterocycles. The maximum Gasteiger partial charge on any atom is 0.287 e. The number of amides is 1. The minimum Gasteiger partial charge on any atom is -0.456 e. The Morgan fingerprint density at radius 2 is 2.08 bits per heavy atom. The van der Waals surface area contributed by atoms with Gasteiger partial charge in [-0.05, 0) is 43.9 Å². The van der Waals surface area contributed by atoms with Crippen molar-refractivity contribution >= 4 is 5.91 Å². The van der Waals surface area contributed by atoms with Gasteiger partial charge in [0.1, 0.15) is 5.76 Å². The van der Waals surface area contributed by atoms with Crippen LogP contribution in [0.5, 0.6) is 0 Å². The highest BCUT2D eigenvalue weighted by molar-refractivity contribution is 5.91. The van der Waals surface area contributed by atoms with Gasteiger partial charge in [-0.3, -0.25) is 9.59 Å². The Morgan fingerprint density at radius 3 is 2.84 bits per heavy atom. The molecule has 1 fully saturated rings. The van der Waals surface area contributed by atoms with E-state index in [4.69, 9.17) is 4.42 Å². The fourth-order valence-corrected chi connectivity index (χ4v) is 3.46. The summed E-state index contributed by atoms with van der Waals surface area (Å²) in [5.41, 5.74) is 2.56. The lowest BCUT2D eigenvalue weighted by Gasteiger charge is -2.17. The summed E-state index contributed by atoms with van der Waals surface area (Å²) in [5, 5.41) is 2.83. The second-order valence-electron chi connectivity index (χ2n) is 6.67. The van der Waals surface area contributed by atoms with E-state index in [2.05, 4.69) is 41.4 Å². The van der Waals surface area contributed by atoms with Crippen LogP contribution in [0.4, 0.5) is 0 Å². The Bertz CT molecular complexity index is 813. The van der Waals surface area contributed by atoms with Gasteiger partial charge in [0.25, 0.3) is 5.91 Å². The molecule has 1 aliphatic rings. The molecule has 2 heterocycles. The number of rotatable bonds is 5. The van der Waals surface area contributed by atoms with Gasteiger partial charge in [-0.1, -0.05) is 24.3 Å². The number of carbonyl (C=O) groups is 1. The summed E-state index contributed by atoms with van der Waals surface area (Å²) in [6.07, 6.45) is 1.14. The molecule has 0 radical (unpaired) electrons. The third kappa shape index (κ3) is 4.37. The van der Waals surface area contributed by atoms with Crippen LogP contribution in [0.15, 0.2) is 45.6 Å². The molecule has 0 saturated carbocycles. The van der Waals surface area contributed by atoms with Crippen molar-refractivity contribution < 1.29 is 9.21 Å². The summed E-state index contributed by atoms with van der Waals surface area (Å²) >= 11 is 0. The van der Waals surface area contributed by atoms with E-state index in [0.29, 0.717) is 18.2 Å². The number of likely N-dealkylation sites (tertiary alicyclic amines) is 1. The third-order valence-corrected chi connectivity index (χ3v) is 4.73. The molecule has 1 aromatic heterocycles. The number of aryl methyl sites for hydroxylation is 2. The summed E-state index contributed by atoms with van der Waals surface area (Å²) in [7, 11) is 0. The number of benzene rings is 1. The number of nitrogens with one attached hydrogen (secondary N) is 1. The molecule has 0 spiro atoms. The third-order valence-electron chi connectivity index (χ3n) is 4.73. The van der Waals surface area contributed by atoms with Crippen molar-refractivity contribution in [3.8, 4) is 0 Å². The lowest BCUT2D eigenvalue weighted by atomic mass is 9.94. The van der Waals surface area contributed by atoms with Gasteiger partial charge in [-0.15, -0.1) is 0 Å².